The maximum absolute atomic E-state index is 12.1. The van der Waals surface area contributed by atoms with E-state index < -0.39 is 0 Å². The Balaban J connectivity index is 1.85. The summed E-state index contributed by atoms with van der Waals surface area (Å²) in [4.78, 5) is 12.1. The molecule has 0 saturated heterocycles. The minimum absolute atomic E-state index is 0.192. The molecule has 1 amide bonds. The molecule has 96 valence electrons. The van der Waals surface area contributed by atoms with Crippen LogP contribution in [0.25, 0.3) is 11.0 Å². The maximum Gasteiger partial charge on any atom is 0.252 e. The summed E-state index contributed by atoms with van der Waals surface area (Å²) in [5.41, 5.74) is 0.977. The third-order valence-corrected chi connectivity index (χ3v) is 2.91. The van der Waals surface area contributed by atoms with E-state index in [2.05, 4.69) is 25.9 Å². The molecule has 3 rings (SSSR count). The summed E-state index contributed by atoms with van der Waals surface area (Å²) in [6.45, 7) is 0.192. The number of aromatic nitrogens is 4. The van der Waals surface area contributed by atoms with E-state index >= 15 is 0 Å². The number of H-pyrrole nitrogens is 1. The minimum atomic E-state index is -0.257. The molecule has 0 aliphatic rings. The summed E-state index contributed by atoms with van der Waals surface area (Å²) in [7, 11) is 0. The van der Waals surface area contributed by atoms with Crippen molar-refractivity contribution in [3.63, 3.8) is 0 Å². The van der Waals surface area contributed by atoms with E-state index in [0.29, 0.717) is 27.4 Å². The van der Waals surface area contributed by atoms with E-state index in [-0.39, 0.29) is 12.5 Å². The average molecular weight is 278 g/mol. The molecule has 0 aliphatic heterocycles. The van der Waals surface area contributed by atoms with E-state index in [4.69, 9.17) is 16.0 Å². The van der Waals surface area contributed by atoms with E-state index in [1.807, 2.05) is 0 Å². The fourth-order valence-corrected chi connectivity index (χ4v) is 1.95. The number of halogens is 1. The Kier molecular flexibility index (Phi) is 2.88. The topological polar surface area (TPSA) is 96.7 Å². The third-order valence-electron chi connectivity index (χ3n) is 2.61. The Bertz CT molecular complexity index is 722. The summed E-state index contributed by atoms with van der Waals surface area (Å²) < 4.78 is 5.24. The molecule has 0 spiro atoms. The molecule has 0 bridgehead atoms. The van der Waals surface area contributed by atoms with Crippen LogP contribution >= 0.6 is 11.6 Å². The molecule has 7 nitrogen and oxygen atoms in total. The number of furan rings is 1. The molecule has 19 heavy (non-hydrogen) atoms. The highest BCUT2D eigenvalue weighted by atomic mass is 35.5. The van der Waals surface area contributed by atoms with Gasteiger partial charge >= 0.3 is 0 Å². The molecule has 0 aliphatic carbocycles. The quantitative estimate of drug-likeness (QED) is 0.757. The second-order valence-corrected chi connectivity index (χ2v) is 4.18. The van der Waals surface area contributed by atoms with Crippen LogP contribution in [0.3, 0.4) is 0 Å². The summed E-state index contributed by atoms with van der Waals surface area (Å²) in [5.74, 6) is 0.151. The zero-order chi connectivity index (χ0) is 13.2. The van der Waals surface area contributed by atoms with Gasteiger partial charge in [0.1, 0.15) is 0 Å². The van der Waals surface area contributed by atoms with Crippen molar-refractivity contribution >= 4 is 28.5 Å². The van der Waals surface area contributed by atoms with Crippen LogP contribution in [-0.4, -0.2) is 26.5 Å². The second-order valence-electron chi connectivity index (χ2n) is 3.77. The SMILES string of the molecule is O=C(NCc1nn[nH]n1)c1ccc(Cl)c2occc12. The smallest absolute Gasteiger partial charge is 0.252 e. The lowest BCUT2D eigenvalue weighted by molar-refractivity contribution is 0.0951. The largest absolute Gasteiger partial charge is 0.463 e. The standard InChI is InChI=1S/C11H8ClN5O2/c12-8-2-1-7(6-3-4-19-10(6)8)11(18)13-5-9-14-16-17-15-9/h1-4H,5H2,(H,13,18)(H,14,15,16,17). The normalized spacial score (nSPS) is 10.8. The number of aromatic amines is 1. The fraction of sp³-hybridized carbons (Fsp3) is 0.0909. The Hall–Kier alpha value is -2.41. The number of rotatable bonds is 3. The van der Waals surface area contributed by atoms with Gasteiger partial charge in [0.2, 0.25) is 0 Å². The highest BCUT2D eigenvalue weighted by Crippen LogP contribution is 2.27. The number of tetrazole rings is 1. The van der Waals surface area contributed by atoms with Crippen LogP contribution in [0.2, 0.25) is 5.02 Å². The van der Waals surface area contributed by atoms with E-state index in [9.17, 15) is 4.79 Å². The van der Waals surface area contributed by atoms with Crippen LogP contribution < -0.4 is 5.32 Å². The summed E-state index contributed by atoms with van der Waals surface area (Å²) in [6.07, 6.45) is 1.49. The Morgan fingerprint density at radius 3 is 3.11 bits per heavy atom. The first-order valence-electron chi connectivity index (χ1n) is 5.42. The van der Waals surface area contributed by atoms with E-state index in [0.717, 1.165) is 0 Å². The lowest BCUT2D eigenvalue weighted by Gasteiger charge is -2.04. The average Bonchev–Trinajstić information content (AvgIpc) is 3.08. The molecule has 0 saturated carbocycles. The van der Waals surface area contributed by atoms with Crippen LogP contribution in [0, 0.1) is 0 Å². The summed E-state index contributed by atoms with van der Waals surface area (Å²) in [5, 5.41) is 17.0. The van der Waals surface area contributed by atoms with Gasteiger partial charge in [-0.2, -0.15) is 5.21 Å². The predicted octanol–water partition coefficient (Wildman–Crippen LogP) is 1.53. The van der Waals surface area contributed by atoms with Crippen LogP contribution in [0.15, 0.2) is 28.9 Å². The van der Waals surface area contributed by atoms with Gasteiger partial charge in [0, 0.05) is 5.39 Å². The number of amides is 1. The molecule has 2 N–H and O–H groups in total. The van der Waals surface area contributed by atoms with E-state index in [1.54, 1.807) is 18.2 Å². The number of hydrogen-bond donors (Lipinski definition) is 2. The molecule has 0 unspecified atom stereocenters. The van der Waals surface area contributed by atoms with Gasteiger partial charge in [0.15, 0.2) is 11.4 Å². The lowest BCUT2D eigenvalue weighted by Crippen LogP contribution is -2.23. The van der Waals surface area contributed by atoms with Crippen LogP contribution in [0.1, 0.15) is 16.2 Å². The van der Waals surface area contributed by atoms with Gasteiger partial charge in [-0.25, -0.2) is 0 Å². The number of fused-ring (bicyclic) bond motifs is 1. The number of hydrogen-bond acceptors (Lipinski definition) is 5. The van der Waals surface area contributed by atoms with Crippen LogP contribution in [-0.2, 0) is 6.54 Å². The van der Waals surface area contributed by atoms with E-state index in [1.165, 1.54) is 6.26 Å². The van der Waals surface area contributed by atoms with Gasteiger partial charge in [0.25, 0.3) is 5.91 Å². The van der Waals surface area contributed by atoms with Crippen LogP contribution in [0.4, 0.5) is 0 Å². The zero-order valence-corrected chi connectivity index (χ0v) is 10.3. The summed E-state index contributed by atoms with van der Waals surface area (Å²) in [6, 6.07) is 4.97. The van der Waals surface area contributed by atoms with Gasteiger partial charge in [0.05, 0.1) is 23.4 Å². The second kappa shape index (κ2) is 4.69. The Labute approximate surface area is 111 Å². The molecule has 1 aromatic carbocycles. The lowest BCUT2D eigenvalue weighted by atomic mass is 10.1. The fourth-order valence-electron chi connectivity index (χ4n) is 1.74. The summed E-state index contributed by atoms with van der Waals surface area (Å²) >= 11 is 5.98. The predicted molar refractivity (Wildman–Crippen MR) is 66.6 cm³/mol. The first-order valence-corrected chi connectivity index (χ1v) is 5.80. The van der Waals surface area contributed by atoms with Gasteiger partial charge < -0.3 is 9.73 Å². The number of nitrogens with zero attached hydrogens (tertiary/aromatic N) is 3. The molecular weight excluding hydrogens is 270 g/mol. The van der Waals surface area contributed by atoms with Crippen molar-refractivity contribution in [1.82, 2.24) is 25.9 Å². The van der Waals surface area contributed by atoms with Crippen molar-refractivity contribution in [2.45, 2.75) is 6.54 Å². The van der Waals surface area contributed by atoms with Gasteiger partial charge in [-0.3, -0.25) is 4.79 Å². The molecule has 2 heterocycles. The Morgan fingerprint density at radius 2 is 2.32 bits per heavy atom. The number of carbonyl (C=O) groups excluding carboxylic acids is 1. The molecule has 3 aromatic rings. The monoisotopic (exact) mass is 277 g/mol. The van der Waals surface area contributed by atoms with Crippen molar-refractivity contribution in [2.24, 2.45) is 0 Å². The molecule has 2 aromatic heterocycles. The number of benzene rings is 1. The third kappa shape index (κ3) is 2.15. The number of carbonyl (C=O) groups is 1. The van der Waals surface area contributed by atoms with Crippen molar-refractivity contribution in [2.75, 3.05) is 0 Å². The van der Waals surface area contributed by atoms with Gasteiger partial charge in [-0.15, -0.1) is 10.2 Å². The van der Waals surface area contributed by atoms with Crippen LogP contribution in [0.5, 0.6) is 0 Å². The zero-order valence-electron chi connectivity index (χ0n) is 9.55. The maximum atomic E-state index is 12.1. The molecule has 8 heteroatoms. The highest BCUT2D eigenvalue weighted by Gasteiger charge is 2.14. The first kappa shape index (κ1) is 11.7. The minimum Gasteiger partial charge on any atom is -0.463 e. The Morgan fingerprint density at radius 1 is 1.42 bits per heavy atom. The molecule has 0 atom stereocenters. The highest BCUT2D eigenvalue weighted by molar-refractivity contribution is 6.35. The van der Waals surface area contributed by atoms with Crippen molar-refractivity contribution in [3.8, 4) is 0 Å². The van der Waals surface area contributed by atoms with Crippen molar-refractivity contribution in [1.29, 1.82) is 0 Å². The number of nitrogens with one attached hydrogen (secondary N) is 2. The molecule has 0 radical (unpaired) electrons. The van der Waals surface area contributed by atoms with Crippen molar-refractivity contribution in [3.05, 3.63) is 40.9 Å². The first-order chi connectivity index (χ1) is 9.25. The van der Waals surface area contributed by atoms with Gasteiger partial charge in [-0.05, 0) is 18.2 Å². The molecule has 0 fully saturated rings. The van der Waals surface area contributed by atoms with Gasteiger partial charge in [-0.1, -0.05) is 16.8 Å². The van der Waals surface area contributed by atoms with Crippen molar-refractivity contribution < 1.29 is 9.21 Å². The molecular formula is C11H8ClN5O2.